The summed E-state index contributed by atoms with van der Waals surface area (Å²) in [4.78, 5) is 0.197. The fourth-order valence-corrected chi connectivity index (χ4v) is 2.93. The molecular formula is C13H12BrNO3S. The minimum absolute atomic E-state index is 0.0540. The van der Waals surface area contributed by atoms with Gasteiger partial charge in [-0.15, -0.1) is 0 Å². The number of hydrogen-bond donors (Lipinski definition) is 2. The number of benzene rings is 2. The number of phenols is 1. The zero-order valence-electron chi connectivity index (χ0n) is 10.1. The lowest BCUT2D eigenvalue weighted by molar-refractivity contribution is 0.472. The minimum atomic E-state index is -3.61. The maximum Gasteiger partial charge on any atom is 0.261 e. The van der Waals surface area contributed by atoms with Gasteiger partial charge in [0.2, 0.25) is 0 Å². The summed E-state index contributed by atoms with van der Waals surface area (Å²) in [6.07, 6.45) is 0. The molecule has 0 aliphatic rings. The average Bonchev–Trinajstić information content (AvgIpc) is 2.34. The summed E-state index contributed by atoms with van der Waals surface area (Å²) in [5.41, 5.74) is 1.37. The largest absolute Gasteiger partial charge is 0.507 e. The maximum atomic E-state index is 12.1. The molecule has 19 heavy (non-hydrogen) atoms. The zero-order chi connectivity index (χ0) is 14.0. The summed E-state index contributed by atoms with van der Waals surface area (Å²) < 4.78 is 27.1. The highest BCUT2D eigenvalue weighted by atomic mass is 79.9. The molecule has 2 N–H and O–H groups in total. The van der Waals surface area contributed by atoms with Crippen LogP contribution in [0, 0.1) is 6.92 Å². The molecule has 0 aliphatic heterocycles. The first-order valence-corrected chi connectivity index (χ1v) is 7.74. The van der Waals surface area contributed by atoms with Gasteiger partial charge in [-0.3, -0.25) is 4.72 Å². The Morgan fingerprint density at radius 2 is 1.74 bits per heavy atom. The second-order valence-corrected chi connectivity index (χ2v) is 6.62. The number of aryl methyl sites for hydroxylation is 1. The van der Waals surface area contributed by atoms with Gasteiger partial charge < -0.3 is 5.11 Å². The van der Waals surface area contributed by atoms with Gasteiger partial charge >= 0.3 is 0 Å². The van der Waals surface area contributed by atoms with Crippen molar-refractivity contribution in [2.75, 3.05) is 4.72 Å². The zero-order valence-corrected chi connectivity index (χ0v) is 12.5. The number of halogens is 1. The highest BCUT2D eigenvalue weighted by molar-refractivity contribution is 9.10. The monoisotopic (exact) mass is 341 g/mol. The molecule has 0 unspecified atom stereocenters. The van der Waals surface area contributed by atoms with Crippen LogP contribution in [-0.4, -0.2) is 13.5 Å². The summed E-state index contributed by atoms with van der Waals surface area (Å²) in [5, 5.41) is 9.37. The third-order valence-electron chi connectivity index (χ3n) is 2.53. The second-order valence-electron chi connectivity index (χ2n) is 4.08. The predicted molar refractivity (Wildman–Crippen MR) is 77.8 cm³/mol. The lowest BCUT2D eigenvalue weighted by Gasteiger charge is -2.09. The standard InChI is InChI=1S/C13H12BrNO3S/c1-9-2-5-11(6-3-9)19(17,18)15-10-4-7-13(16)12(14)8-10/h2-8,15-16H,1H3. The summed E-state index contributed by atoms with van der Waals surface area (Å²) in [6.45, 7) is 1.89. The first-order valence-electron chi connectivity index (χ1n) is 5.46. The van der Waals surface area contributed by atoms with Crippen LogP contribution in [0.15, 0.2) is 51.8 Å². The quantitative estimate of drug-likeness (QED) is 0.842. The number of phenolic OH excluding ortho intramolecular Hbond substituents is 1. The van der Waals surface area contributed by atoms with Crippen LogP contribution in [0.2, 0.25) is 0 Å². The van der Waals surface area contributed by atoms with Crippen molar-refractivity contribution < 1.29 is 13.5 Å². The molecule has 0 saturated heterocycles. The van der Waals surface area contributed by atoms with Crippen LogP contribution in [-0.2, 0) is 10.0 Å². The van der Waals surface area contributed by atoms with Gasteiger partial charge in [0.05, 0.1) is 15.1 Å². The van der Waals surface area contributed by atoms with Crippen LogP contribution in [0.3, 0.4) is 0 Å². The van der Waals surface area contributed by atoms with E-state index in [9.17, 15) is 13.5 Å². The van der Waals surface area contributed by atoms with Gasteiger partial charge in [-0.1, -0.05) is 17.7 Å². The fourth-order valence-electron chi connectivity index (χ4n) is 1.50. The van der Waals surface area contributed by atoms with E-state index in [2.05, 4.69) is 20.7 Å². The smallest absolute Gasteiger partial charge is 0.261 e. The first kappa shape index (κ1) is 13.9. The van der Waals surface area contributed by atoms with Gasteiger partial charge in [0.1, 0.15) is 5.75 Å². The first-order chi connectivity index (χ1) is 8.88. The molecule has 2 rings (SSSR count). The highest BCUT2D eigenvalue weighted by Crippen LogP contribution is 2.27. The molecule has 0 aromatic heterocycles. The number of nitrogens with one attached hydrogen (secondary N) is 1. The van der Waals surface area contributed by atoms with Gasteiger partial charge in [0.15, 0.2) is 0 Å². The normalized spacial score (nSPS) is 11.3. The van der Waals surface area contributed by atoms with Crippen LogP contribution >= 0.6 is 15.9 Å². The Bertz CT molecular complexity index is 696. The molecule has 0 radical (unpaired) electrons. The van der Waals surface area contributed by atoms with Crippen molar-refractivity contribution in [1.29, 1.82) is 0 Å². The van der Waals surface area contributed by atoms with Crippen molar-refractivity contribution in [3.63, 3.8) is 0 Å². The Kier molecular flexibility index (Phi) is 3.82. The molecule has 0 bridgehead atoms. The van der Waals surface area contributed by atoms with Gasteiger partial charge in [0, 0.05) is 0 Å². The van der Waals surface area contributed by atoms with Crippen LogP contribution in [0.25, 0.3) is 0 Å². The van der Waals surface area contributed by atoms with Crippen LogP contribution < -0.4 is 4.72 Å². The molecule has 0 saturated carbocycles. The lowest BCUT2D eigenvalue weighted by atomic mass is 10.2. The van der Waals surface area contributed by atoms with E-state index in [4.69, 9.17) is 0 Å². The predicted octanol–water partition coefficient (Wildman–Crippen LogP) is 3.26. The van der Waals surface area contributed by atoms with E-state index in [1.807, 2.05) is 6.92 Å². The maximum absolute atomic E-state index is 12.1. The van der Waals surface area contributed by atoms with Crippen LogP contribution in [0.1, 0.15) is 5.56 Å². The van der Waals surface area contributed by atoms with E-state index in [0.29, 0.717) is 10.2 Å². The Balaban J connectivity index is 2.30. The van der Waals surface area contributed by atoms with Crippen molar-refractivity contribution in [2.45, 2.75) is 11.8 Å². The topological polar surface area (TPSA) is 66.4 Å². The van der Waals surface area contributed by atoms with Crippen molar-refractivity contribution in [3.8, 4) is 5.75 Å². The average molecular weight is 342 g/mol. The molecule has 100 valence electrons. The molecule has 0 amide bonds. The molecule has 2 aromatic carbocycles. The highest BCUT2D eigenvalue weighted by Gasteiger charge is 2.14. The van der Waals surface area contributed by atoms with Crippen molar-refractivity contribution in [2.24, 2.45) is 0 Å². The Morgan fingerprint density at radius 3 is 2.32 bits per heavy atom. The minimum Gasteiger partial charge on any atom is -0.507 e. The number of sulfonamides is 1. The molecule has 0 spiro atoms. The summed E-state index contributed by atoms with van der Waals surface area (Å²) in [7, 11) is -3.61. The molecule has 0 atom stereocenters. The Labute approximate surface area is 120 Å². The third-order valence-corrected chi connectivity index (χ3v) is 4.56. The Hall–Kier alpha value is -1.53. The van der Waals surface area contributed by atoms with E-state index in [-0.39, 0.29) is 10.6 Å². The number of aromatic hydroxyl groups is 1. The number of anilines is 1. The molecule has 0 fully saturated rings. The second kappa shape index (κ2) is 5.22. The van der Waals surface area contributed by atoms with E-state index >= 15 is 0 Å². The lowest BCUT2D eigenvalue weighted by Crippen LogP contribution is -2.12. The Morgan fingerprint density at radius 1 is 1.11 bits per heavy atom. The van der Waals surface area contributed by atoms with Gasteiger partial charge in [-0.25, -0.2) is 8.42 Å². The molecular weight excluding hydrogens is 330 g/mol. The fraction of sp³-hybridized carbons (Fsp3) is 0.0769. The summed E-state index contributed by atoms with van der Waals surface area (Å²) in [5.74, 6) is 0.0540. The van der Waals surface area contributed by atoms with E-state index in [1.54, 1.807) is 24.3 Å². The van der Waals surface area contributed by atoms with Crippen molar-refractivity contribution in [3.05, 3.63) is 52.5 Å². The number of hydrogen-bond acceptors (Lipinski definition) is 3. The number of rotatable bonds is 3. The van der Waals surface area contributed by atoms with Crippen molar-refractivity contribution >= 4 is 31.6 Å². The third kappa shape index (κ3) is 3.27. The van der Waals surface area contributed by atoms with Crippen molar-refractivity contribution in [1.82, 2.24) is 0 Å². The molecule has 4 nitrogen and oxygen atoms in total. The molecule has 0 aliphatic carbocycles. The van der Waals surface area contributed by atoms with Gasteiger partial charge in [0.25, 0.3) is 10.0 Å². The van der Waals surface area contributed by atoms with E-state index in [0.717, 1.165) is 5.56 Å². The van der Waals surface area contributed by atoms with Gasteiger partial charge in [-0.2, -0.15) is 0 Å². The summed E-state index contributed by atoms with van der Waals surface area (Å²) >= 11 is 3.13. The molecule has 6 heteroatoms. The molecule has 0 heterocycles. The SMILES string of the molecule is Cc1ccc(S(=O)(=O)Nc2ccc(O)c(Br)c2)cc1. The van der Waals surface area contributed by atoms with Crippen LogP contribution in [0.4, 0.5) is 5.69 Å². The molecule has 2 aromatic rings. The van der Waals surface area contributed by atoms with E-state index in [1.165, 1.54) is 18.2 Å². The van der Waals surface area contributed by atoms with Gasteiger partial charge in [-0.05, 0) is 53.2 Å². The van der Waals surface area contributed by atoms with Crippen LogP contribution in [0.5, 0.6) is 5.75 Å². The van der Waals surface area contributed by atoms with E-state index < -0.39 is 10.0 Å². The summed E-state index contributed by atoms with van der Waals surface area (Å²) in [6, 6.07) is 11.0.